The summed E-state index contributed by atoms with van der Waals surface area (Å²) in [5.74, 6) is 1.53. The molecule has 0 unspecified atom stereocenters. The highest BCUT2D eigenvalue weighted by Gasteiger charge is 2.14. The fourth-order valence-electron chi connectivity index (χ4n) is 1.69. The third kappa shape index (κ3) is 11.6. The molecule has 0 aliphatic carbocycles. The Balaban J connectivity index is 0. The van der Waals surface area contributed by atoms with Crippen molar-refractivity contribution in [2.75, 3.05) is 52.6 Å². The van der Waals surface area contributed by atoms with E-state index in [4.69, 9.17) is 0 Å². The summed E-state index contributed by atoms with van der Waals surface area (Å²) in [6.45, 7) is 14.7. The quantitative estimate of drug-likeness (QED) is 0.643. The highest BCUT2D eigenvalue weighted by molar-refractivity contribution is 7.97. The Labute approximate surface area is 131 Å². The van der Waals surface area contributed by atoms with Crippen LogP contribution in [0, 0.1) is 0 Å². The number of rotatable bonds is 0. The molecule has 2 rings (SSSR count). The van der Waals surface area contributed by atoms with Crippen molar-refractivity contribution in [3.8, 4) is 0 Å². The van der Waals surface area contributed by atoms with Gasteiger partial charge >= 0.3 is 0 Å². The summed E-state index contributed by atoms with van der Waals surface area (Å²) < 4.78 is 2.28. The van der Waals surface area contributed by atoms with Crippen molar-refractivity contribution >= 4 is 17.9 Å². The van der Waals surface area contributed by atoms with E-state index in [-0.39, 0.29) is 5.91 Å². The summed E-state index contributed by atoms with van der Waals surface area (Å²) in [4.78, 5) is 14.9. The average Bonchev–Trinajstić information content (AvgIpc) is 2.95. The molecule has 0 aromatic heterocycles. The Morgan fingerprint density at radius 2 is 1.40 bits per heavy atom. The van der Waals surface area contributed by atoms with Gasteiger partial charge in [-0.3, -0.25) is 9.10 Å². The minimum Gasteiger partial charge on any atom is -0.340 e. The smallest absolute Gasteiger partial charge is 0.219 e. The van der Waals surface area contributed by atoms with E-state index >= 15 is 0 Å². The Morgan fingerprint density at radius 1 is 0.900 bits per heavy atom. The summed E-state index contributed by atoms with van der Waals surface area (Å²) in [5, 5.41) is 0. The lowest BCUT2D eigenvalue weighted by atomic mass is 10.3. The van der Waals surface area contributed by atoms with Gasteiger partial charge in [0.15, 0.2) is 0 Å². The van der Waals surface area contributed by atoms with Crippen molar-refractivity contribution < 1.29 is 4.79 Å². The fraction of sp³-hybridized carbons (Fsp3) is 0.933. The number of likely N-dealkylation sites (N-methyl/N-ethyl adjacent to an activating group) is 1. The molecule has 0 saturated carbocycles. The second kappa shape index (κ2) is 15.1. The lowest BCUT2D eigenvalue weighted by Gasteiger charge is -2.31. The molecule has 2 aliphatic heterocycles. The molecular formula is C15H35N3OS. The number of piperazine rings is 1. The summed E-state index contributed by atoms with van der Waals surface area (Å²) in [6.07, 6.45) is 1.38. The predicted octanol–water partition coefficient (Wildman–Crippen LogP) is 2.80. The van der Waals surface area contributed by atoms with Crippen molar-refractivity contribution in [3.63, 3.8) is 0 Å². The van der Waals surface area contributed by atoms with Gasteiger partial charge in [-0.2, -0.15) is 0 Å². The van der Waals surface area contributed by atoms with Crippen LogP contribution in [-0.4, -0.2) is 72.6 Å². The van der Waals surface area contributed by atoms with Crippen LogP contribution in [0.5, 0.6) is 0 Å². The number of hydrogen-bond donors (Lipinski definition) is 0. The lowest BCUT2D eigenvalue weighted by Crippen LogP contribution is -2.46. The van der Waals surface area contributed by atoms with Gasteiger partial charge < -0.3 is 9.80 Å². The van der Waals surface area contributed by atoms with Gasteiger partial charge in [0.2, 0.25) is 5.91 Å². The fourth-order valence-corrected chi connectivity index (χ4v) is 2.52. The average molecular weight is 306 g/mol. The molecule has 5 heteroatoms. The van der Waals surface area contributed by atoms with Crippen molar-refractivity contribution in [1.82, 2.24) is 14.1 Å². The van der Waals surface area contributed by atoms with Gasteiger partial charge in [-0.05, 0) is 20.5 Å². The first-order chi connectivity index (χ1) is 9.59. The van der Waals surface area contributed by atoms with Crippen molar-refractivity contribution in [1.29, 1.82) is 0 Å². The van der Waals surface area contributed by atoms with Crippen LogP contribution in [0.3, 0.4) is 0 Å². The van der Waals surface area contributed by atoms with Crippen LogP contribution in [0.25, 0.3) is 0 Å². The number of nitrogens with zero attached hydrogens (tertiary/aromatic N) is 3. The van der Waals surface area contributed by atoms with Crippen LogP contribution in [-0.2, 0) is 4.79 Å². The molecule has 4 nitrogen and oxygen atoms in total. The molecule has 0 aromatic rings. The molecule has 0 atom stereocenters. The first kappa shape index (κ1) is 22.0. The maximum Gasteiger partial charge on any atom is 0.219 e. The molecule has 122 valence electrons. The van der Waals surface area contributed by atoms with E-state index in [0.717, 1.165) is 26.2 Å². The van der Waals surface area contributed by atoms with Crippen LogP contribution in [0.4, 0.5) is 0 Å². The molecule has 1 amide bonds. The number of carbonyl (C=O) groups excluding carboxylic acids is 1. The van der Waals surface area contributed by atoms with E-state index < -0.39 is 0 Å². The highest BCUT2D eigenvalue weighted by Crippen LogP contribution is 2.15. The highest BCUT2D eigenvalue weighted by atomic mass is 32.2. The molecule has 0 spiro atoms. The second-order valence-corrected chi connectivity index (χ2v) is 5.64. The van der Waals surface area contributed by atoms with Gasteiger partial charge in [-0.1, -0.05) is 39.6 Å². The largest absolute Gasteiger partial charge is 0.340 e. The van der Waals surface area contributed by atoms with Crippen LogP contribution in [0.15, 0.2) is 0 Å². The second-order valence-electron chi connectivity index (χ2n) is 4.35. The number of carbonyl (C=O) groups is 1. The molecule has 2 fully saturated rings. The molecule has 0 bridgehead atoms. The molecule has 0 radical (unpaired) electrons. The molecule has 20 heavy (non-hydrogen) atoms. The van der Waals surface area contributed by atoms with Crippen LogP contribution >= 0.6 is 11.9 Å². The van der Waals surface area contributed by atoms with Crippen molar-refractivity contribution in [3.05, 3.63) is 0 Å². The van der Waals surface area contributed by atoms with E-state index in [1.807, 2.05) is 44.5 Å². The first-order valence-electron chi connectivity index (χ1n) is 7.87. The Hall–Kier alpha value is -0.260. The van der Waals surface area contributed by atoms with Gasteiger partial charge in [-0.25, -0.2) is 0 Å². The Kier molecular flexibility index (Phi) is 16.7. The molecule has 2 aliphatic rings. The number of hydrogen-bond acceptors (Lipinski definition) is 4. The normalized spacial score (nSPS) is 18.9. The van der Waals surface area contributed by atoms with Crippen LogP contribution in [0.1, 0.15) is 41.0 Å². The van der Waals surface area contributed by atoms with Gasteiger partial charge in [0.25, 0.3) is 0 Å². The van der Waals surface area contributed by atoms with E-state index in [0.29, 0.717) is 0 Å². The van der Waals surface area contributed by atoms with Gasteiger partial charge in [-0.15, -0.1) is 0 Å². The molecule has 0 N–H and O–H groups in total. The van der Waals surface area contributed by atoms with Crippen LogP contribution < -0.4 is 0 Å². The topological polar surface area (TPSA) is 26.8 Å². The first-order valence-corrected chi connectivity index (χ1v) is 8.82. The zero-order valence-corrected chi connectivity index (χ0v) is 15.4. The summed E-state index contributed by atoms with van der Waals surface area (Å²) in [6, 6.07) is 0. The summed E-state index contributed by atoms with van der Waals surface area (Å²) in [5.41, 5.74) is 0. The minimum atomic E-state index is 0.202. The maximum absolute atomic E-state index is 10.8. The van der Waals surface area contributed by atoms with Crippen LogP contribution in [0.2, 0.25) is 0 Å². The minimum absolute atomic E-state index is 0.202. The van der Waals surface area contributed by atoms with E-state index in [1.165, 1.54) is 18.7 Å². The number of amides is 1. The predicted molar refractivity (Wildman–Crippen MR) is 92.2 cm³/mol. The van der Waals surface area contributed by atoms with E-state index in [2.05, 4.69) is 23.3 Å². The zero-order chi connectivity index (χ0) is 16.0. The van der Waals surface area contributed by atoms with Gasteiger partial charge in [0.1, 0.15) is 0 Å². The summed E-state index contributed by atoms with van der Waals surface area (Å²) >= 11 is 1.93. The monoisotopic (exact) mass is 305 g/mol. The lowest BCUT2D eigenvalue weighted by molar-refractivity contribution is -0.130. The van der Waals surface area contributed by atoms with E-state index in [9.17, 15) is 4.79 Å². The molecule has 2 saturated heterocycles. The van der Waals surface area contributed by atoms with Gasteiger partial charge in [0, 0.05) is 45.4 Å². The van der Waals surface area contributed by atoms with Crippen molar-refractivity contribution in [2.24, 2.45) is 0 Å². The maximum atomic E-state index is 10.8. The third-order valence-electron chi connectivity index (χ3n) is 2.88. The Morgan fingerprint density at radius 3 is 1.65 bits per heavy atom. The molecular weight excluding hydrogens is 270 g/mol. The summed E-state index contributed by atoms with van der Waals surface area (Å²) in [7, 11) is 4.22. The van der Waals surface area contributed by atoms with Gasteiger partial charge in [0.05, 0.1) is 0 Å². The Bertz CT molecular complexity index is 213. The SMILES string of the molecule is CC.CC.CC(=O)N1CCN(C)CC1.CN1CCCS1. The molecule has 2 heterocycles. The third-order valence-corrected chi connectivity index (χ3v) is 3.97. The standard InChI is InChI=1S/C7H14N2O.C4H9NS.2C2H6/c1-7(10)9-5-3-8(2)4-6-9;1-5-3-2-4-6-5;2*1-2/h3-6H2,1-2H3;2-4H2,1H3;2*1-2H3. The van der Waals surface area contributed by atoms with E-state index in [1.54, 1.807) is 6.92 Å². The molecule has 0 aromatic carbocycles. The van der Waals surface area contributed by atoms with Crippen molar-refractivity contribution in [2.45, 2.75) is 41.0 Å². The zero-order valence-electron chi connectivity index (χ0n) is 14.6.